The highest BCUT2D eigenvalue weighted by Gasteiger charge is 2.19. The third kappa shape index (κ3) is 7.77. The molecule has 0 aromatic carbocycles. The second-order valence-electron chi connectivity index (χ2n) is 8.27. The molecular formula is C20H39N5O. The largest absolute Gasteiger partial charge is 0.443 e. The number of nitrogens with one attached hydrogen (secondary N) is 2. The van der Waals surface area contributed by atoms with E-state index in [0.29, 0.717) is 24.5 Å². The first-order chi connectivity index (χ1) is 12.1. The molecular weight excluding hydrogens is 326 g/mol. The van der Waals surface area contributed by atoms with Crippen molar-refractivity contribution in [3.05, 3.63) is 17.8 Å². The number of hydrogen-bond acceptors (Lipinski definition) is 4. The normalized spacial score (nSPS) is 13.1. The minimum absolute atomic E-state index is 0.0313. The predicted molar refractivity (Wildman–Crippen MR) is 110 cm³/mol. The fourth-order valence-electron chi connectivity index (χ4n) is 2.80. The highest BCUT2D eigenvalue weighted by molar-refractivity contribution is 5.79. The Kier molecular flexibility index (Phi) is 9.13. The summed E-state index contributed by atoms with van der Waals surface area (Å²) in [6.07, 6.45) is 2.88. The molecule has 0 saturated carbocycles. The molecule has 1 aromatic heterocycles. The lowest BCUT2D eigenvalue weighted by Gasteiger charge is -2.30. The number of hydrogen-bond donors (Lipinski definition) is 2. The summed E-state index contributed by atoms with van der Waals surface area (Å²) >= 11 is 0. The van der Waals surface area contributed by atoms with Gasteiger partial charge in [-0.25, -0.2) is 9.98 Å². The van der Waals surface area contributed by atoms with Gasteiger partial charge in [0.15, 0.2) is 5.96 Å². The van der Waals surface area contributed by atoms with Crippen LogP contribution in [0, 0.1) is 0 Å². The first-order valence-electron chi connectivity index (χ1n) is 9.88. The van der Waals surface area contributed by atoms with Gasteiger partial charge in [-0.3, -0.25) is 4.90 Å². The van der Waals surface area contributed by atoms with Crippen molar-refractivity contribution < 1.29 is 4.42 Å². The maximum atomic E-state index is 5.81. The summed E-state index contributed by atoms with van der Waals surface area (Å²) in [5.74, 6) is 2.35. The average molecular weight is 366 g/mol. The Bertz CT molecular complexity index is 535. The monoisotopic (exact) mass is 365 g/mol. The minimum atomic E-state index is -0.0313. The second-order valence-corrected chi connectivity index (χ2v) is 8.27. The Morgan fingerprint density at radius 1 is 1.19 bits per heavy atom. The Labute approximate surface area is 159 Å². The van der Waals surface area contributed by atoms with Crippen LogP contribution in [0.25, 0.3) is 0 Å². The van der Waals surface area contributed by atoms with Gasteiger partial charge in [0.05, 0.1) is 6.20 Å². The molecule has 0 aliphatic heterocycles. The van der Waals surface area contributed by atoms with E-state index in [-0.39, 0.29) is 5.41 Å². The fraction of sp³-hybridized carbons (Fsp3) is 0.800. The molecule has 0 aliphatic rings. The van der Waals surface area contributed by atoms with Gasteiger partial charge in [-0.05, 0) is 41.0 Å². The van der Waals surface area contributed by atoms with E-state index in [1.807, 2.05) is 0 Å². The zero-order valence-electron chi connectivity index (χ0n) is 18.0. The van der Waals surface area contributed by atoms with Crippen molar-refractivity contribution >= 4 is 5.96 Å². The third-order valence-electron chi connectivity index (χ3n) is 4.22. The molecule has 0 atom stereocenters. The first kappa shape index (κ1) is 22.5. The van der Waals surface area contributed by atoms with Gasteiger partial charge in [-0.2, -0.15) is 0 Å². The van der Waals surface area contributed by atoms with Gasteiger partial charge in [0.2, 0.25) is 5.89 Å². The highest BCUT2D eigenvalue weighted by Crippen LogP contribution is 2.22. The molecule has 6 nitrogen and oxygen atoms in total. The van der Waals surface area contributed by atoms with Crippen LogP contribution >= 0.6 is 0 Å². The predicted octanol–water partition coefficient (Wildman–Crippen LogP) is 3.54. The van der Waals surface area contributed by atoms with Crippen molar-refractivity contribution in [2.75, 3.05) is 19.6 Å². The highest BCUT2D eigenvalue weighted by atomic mass is 16.4. The van der Waals surface area contributed by atoms with Crippen LogP contribution in [-0.4, -0.2) is 47.6 Å². The SMILES string of the molecule is CCNC(=NCc1ncc(C(C)(C)C)o1)NCCCN(C(C)C)C(C)C. The number of aliphatic imine (C=N–C) groups is 1. The molecule has 1 aromatic rings. The number of aromatic nitrogens is 1. The Hall–Kier alpha value is -1.56. The first-order valence-corrected chi connectivity index (χ1v) is 9.88. The van der Waals surface area contributed by atoms with Crippen molar-refractivity contribution in [1.29, 1.82) is 0 Å². The van der Waals surface area contributed by atoms with E-state index in [1.165, 1.54) is 0 Å². The van der Waals surface area contributed by atoms with Crippen molar-refractivity contribution in [3.63, 3.8) is 0 Å². The van der Waals surface area contributed by atoms with Gasteiger partial charge >= 0.3 is 0 Å². The molecule has 0 bridgehead atoms. The van der Waals surface area contributed by atoms with Gasteiger partial charge in [-0.15, -0.1) is 0 Å². The zero-order valence-corrected chi connectivity index (χ0v) is 18.0. The van der Waals surface area contributed by atoms with Crippen molar-refractivity contribution in [2.24, 2.45) is 4.99 Å². The maximum Gasteiger partial charge on any atom is 0.216 e. The summed E-state index contributed by atoms with van der Waals surface area (Å²) in [6.45, 7) is 20.7. The summed E-state index contributed by atoms with van der Waals surface area (Å²) in [4.78, 5) is 11.4. The van der Waals surface area contributed by atoms with Gasteiger partial charge in [0.1, 0.15) is 12.3 Å². The molecule has 150 valence electrons. The molecule has 0 spiro atoms. The molecule has 0 aliphatic carbocycles. The Morgan fingerprint density at radius 3 is 2.35 bits per heavy atom. The van der Waals surface area contributed by atoms with Crippen molar-refractivity contribution in [3.8, 4) is 0 Å². The van der Waals surface area contributed by atoms with E-state index in [2.05, 4.69) is 80.9 Å². The zero-order chi connectivity index (χ0) is 19.7. The summed E-state index contributed by atoms with van der Waals surface area (Å²) in [5, 5.41) is 6.68. The third-order valence-corrected chi connectivity index (χ3v) is 4.22. The molecule has 0 unspecified atom stereocenters. The quantitative estimate of drug-likeness (QED) is 0.398. The smallest absolute Gasteiger partial charge is 0.216 e. The number of rotatable bonds is 9. The number of oxazole rings is 1. The maximum absolute atomic E-state index is 5.81. The van der Waals surface area contributed by atoms with E-state index in [9.17, 15) is 0 Å². The summed E-state index contributed by atoms with van der Waals surface area (Å²) in [7, 11) is 0. The van der Waals surface area contributed by atoms with Crippen LogP contribution in [0.3, 0.4) is 0 Å². The Morgan fingerprint density at radius 2 is 1.85 bits per heavy atom. The van der Waals surface area contributed by atoms with Crippen LogP contribution in [0.2, 0.25) is 0 Å². The van der Waals surface area contributed by atoms with E-state index < -0.39 is 0 Å². The molecule has 0 amide bonds. The lowest BCUT2D eigenvalue weighted by molar-refractivity contribution is 0.173. The number of nitrogens with zero attached hydrogens (tertiary/aromatic N) is 3. The van der Waals surface area contributed by atoms with E-state index in [1.54, 1.807) is 6.20 Å². The summed E-state index contributed by atoms with van der Waals surface area (Å²) in [6, 6.07) is 1.14. The van der Waals surface area contributed by atoms with Crippen LogP contribution < -0.4 is 10.6 Å². The minimum Gasteiger partial charge on any atom is -0.443 e. The van der Waals surface area contributed by atoms with Gasteiger partial charge in [-0.1, -0.05) is 20.8 Å². The van der Waals surface area contributed by atoms with E-state index in [0.717, 1.165) is 37.8 Å². The molecule has 0 fully saturated rings. The van der Waals surface area contributed by atoms with E-state index >= 15 is 0 Å². The molecule has 26 heavy (non-hydrogen) atoms. The average Bonchev–Trinajstić information content (AvgIpc) is 3.00. The van der Waals surface area contributed by atoms with Crippen LogP contribution in [-0.2, 0) is 12.0 Å². The molecule has 2 N–H and O–H groups in total. The summed E-state index contributed by atoms with van der Waals surface area (Å²) < 4.78 is 5.81. The molecule has 0 saturated heterocycles. The summed E-state index contributed by atoms with van der Waals surface area (Å²) in [5.41, 5.74) is -0.0313. The molecule has 6 heteroatoms. The van der Waals surface area contributed by atoms with Crippen LogP contribution in [0.15, 0.2) is 15.6 Å². The van der Waals surface area contributed by atoms with Crippen LogP contribution in [0.4, 0.5) is 0 Å². The number of guanidine groups is 1. The molecule has 0 radical (unpaired) electrons. The standard InChI is InChI=1S/C20H39N5O/c1-9-21-19(22-11-10-12-25(15(2)3)16(4)5)24-14-18-23-13-17(26-18)20(6,7)8/h13,15-16H,9-12,14H2,1-8H3,(H2,21,22,24). The van der Waals surface area contributed by atoms with Crippen molar-refractivity contribution in [1.82, 2.24) is 20.5 Å². The Balaban J connectivity index is 2.52. The van der Waals surface area contributed by atoms with Crippen LogP contribution in [0.5, 0.6) is 0 Å². The van der Waals surface area contributed by atoms with Gasteiger partial charge in [0, 0.05) is 37.1 Å². The molecule has 1 rings (SSSR count). The second kappa shape index (κ2) is 10.6. The van der Waals surface area contributed by atoms with Crippen LogP contribution in [0.1, 0.15) is 73.5 Å². The van der Waals surface area contributed by atoms with E-state index in [4.69, 9.17) is 4.42 Å². The molecule has 1 heterocycles. The fourth-order valence-corrected chi connectivity index (χ4v) is 2.80. The van der Waals surface area contributed by atoms with Gasteiger partial charge in [0.25, 0.3) is 0 Å². The lowest BCUT2D eigenvalue weighted by atomic mass is 9.94. The lowest BCUT2D eigenvalue weighted by Crippen LogP contribution is -2.41. The van der Waals surface area contributed by atoms with Crippen molar-refractivity contribution in [2.45, 2.75) is 85.9 Å². The topological polar surface area (TPSA) is 65.7 Å². The van der Waals surface area contributed by atoms with Gasteiger partial charge < -0.3 is 15.1 Å².